The van der Waals surface area contributed by atoms with Crippen LogP contribution in [0.4, 0.5) is 17.1 Å². The highest BCUT2D eigenvalue weighted by Gasteiger charge is 2.20. The number of hydrogen-bond donors (Lipinski definition) is 0. The highest BCUT2D eigenvalue weighted by atomic mass is 15.1. The summed E-state index contributed by atoms with van der Waals surface area (Å²) in [7, 11) is 0. The summed E-state index contributed by atoms with van der Waals surface area (Å²) in [6, 6.07) is 54.2. The summed E-state index contributed by atoms with van der Waals surface area (Å²) in [6.07, 6.45) is 0. The fourth-order valence-corrected chi connectivity index (χ4v) is 6.43. The molecule has 0 fully saturated rings. The first kappa shape index (κ1) is 33.0. The minimum absolute atomic E-state index is 0.113. The van der Waals surface area contributed by atoms with Crippen LogP contribution < -0.4 is 4.90 Å². The predicted molar refractivity (Wildman–Crippen MR) is 207 cm³/mol. The van der Waals surface area contributed by atoms with Crippen LogP contribution in [0.1, 0.15) is 86.4 Å². The fourth-order valence-electron chi connectivity index (χ4n) is 6.43. The van der Waals surface area contributed by atoms with E-state index in [2.05, 4.69) is 206 Å². The van der Waals surface area contributed by atoms with E-state index in [1.807, 2.05) is 0 Å². The standard InChI is InChI=1S/C47H49N/c1-33-9-13-37(14-10-33)45(39-19-23-40(24-20-39)46(3,4)5)38-17-15-35(16-18-38)36-21-29-43(30-22-36)48(42-27-11-34(2)12-28-42)44-31-25-41(26-32-44)47(6,7)8/h9-32,45H,1-8H3. The Labute approximate surface area is 288 Å². The summed E-state index contributed by atoms with van der Waals surface area (Å²) in [5.74, 6) is 0.170. The second-order valence-corrected chi connectivity index (χ2v) is 15.4. The number of anilines is 3. The highest BCUT2D eigenvalue weighted by molar-refractivity contribution is 5.78. The number of hydrogen-bond acceptors (Lipinski definition) is 1. The molecule has 0 saturated heterocycles. The summed E-state index contributed by atoms with van der Waals surface area (Å²) in [4.78, 5) is 2.34. The van der Waals surface area contributed by atoms with Crippen molar-refractivity contribution in [3.63, 3.8) is 0 Å². The lowest BCUT2D eigenvalue weighted by atomic mass is 9.81. The monoisotopic (exact) mass is 627 g/mol. The second-order valence-electron chi connectivity index (χ2n) is 15.4. The number of aryl methyl sites for hydroxylation is 2. The van der Waals surface area contributed by atoms with Crippen LogP contribution in [0.2, 0.25) is 0 Å². The summed E-state index contributed by atoms with van der Waals surface area (Å²) >= 11 is 0. The van der Waals surface area contributed by atoms with E-state index >= 15 is 0 Å². The molecule has 0 aliphatic carbocycles. The summed E-state index contributed by atoms with van der Waals surface area (Å²) < 4.78 is 0. The van der Waals surface area contributed by atoms with Gasteiger partial charge in [-0.15, -0.1) is 0 Å². The van der Waals surface area contributed by atoms with E-state index in [1.54, 1.807) is 0 Å². The molecule has 242 valence electrons. The normalized spacial score (nSPS) is 12.5. The molecule has 0 aliphatic rings. The van der Waals surface area contributed by atoms with E-state index in [4.69, 9.17) is 0 Å². The maximum Gasteiger partial charge on any atom is 0.0462 e. The molecule has 0 bridgehead atoms. The Bertz CT molecular complexity index is 1780. The van der Waals surface area contributed by atoms with Gasteiger partial charge < -0.3 is 4.90 Å². The smallest absolute Gasteiger partial charge is 0.0462 e. The summed E-state index contributed by atoms with van der Waals surface area (Å²) in [5, 5.41) is 0. The third-order valence-corrected chi connectivity index (χ3v) is 9.51. The van der Waals surface area contributed by atoms with Crippen LogP contribution in [-0.4, -0.2) is 0 Å². The van der Waals surface area contributed by atoms with Crippen molar-refractivity contribution in [3.05, 3.63) is 185 Å². The third kappa shape index (κ3) is 7.32. The lowest BCUT2D eigenvalue weighted by Gasteiger charge is -2.27. The molecular formula is C47H49N. The van der Waals surface area contributed by atoms with E-state index in [9.17, 15) is 0 Å². The molecule has 0 saturated carbocycles. The molecule has 0 heterocycles. The van der Waals surface area contributed by atoms with Crippen LogP contribution in [-0.2, 0) is 10.8 Å². The van der Waals surface area contributed by atoms with Crippen LogP contribution in [0.25, 0.3) is 11.1 Å². The van der Waals surface area contributed by atoms with Crippen molar-refractivity contribution >= 4 is 17.1 Å². The van der Waals surface area contributed by atoms with Gasteiger partial charge in [0.05, 0.1) is 0 Å². The molecule has 1 heteroatoms. The first-order chi connectivity index (χ1) is 22.9. The van der Waals surface area contributed by atoms with Gasteiger partial charge in [0.15, 0.2) is 0 Å². The Morgan fingerprint density at radius 1 is 0.354 bits per heavy atom. The molecule has 0 radical (unpaired) electrons. The van der Waals surface area contributed by atoms with Crippen molar-refractivity contribution in [2.45, 2.75) is 72.1 Å². The Morgan fingerprint density at radius 3 is 1.02 bits per heavy atom. The lowest BCUT2D eigenvalue weighted by molar-refractivity contribution is 0.590. The molecule has 0 aromatic heterocycles. The first-order valence-electron chi connectivity index (χ1n) is 17.2. The molecule has 1 atom stereocenters. The van der Waals surface area contributed by atoms with E-state index < -0.39 is 0 Å². The molecule has 6 aromatic rings. The highest BCUT2D eigenvalue weighted by Crippen LogP contribution is 2.38. The molecule has 0 spiro atoms. The van der Waals surface area contributed by atoms with Gasteiger partial charge >= 0.3 is 0 Å². The van der Waals surface area contributed by atoms with Crippen molar-refractivity contribution in [1.82, 2.24) is 0 Å². The Morgan fingerprint density at radius 2 is 0.625 bits per heavy atom. The summed E-state index contributed by atoms with van der Waals surface area (Å²) in [5.41, 5.74) is 15.3. The van der Waals surface area contributed by atoms with Gasteiger partial charge in [-0.3, -0.25) is 0 Å². The maximum atomic E-state index is 2.34. The van der Waals surface area contributed by atoms with Crippen molar-refractivity contribution in [1.29, 1.82) is 0 Å². The summed E-state index contributed by atoms with van der Waals surface area (Å²) in [6.45, 7) is 17.9. The molecule has 0 aliphatic heterocycles. The lowest BCUT2D eigenvalue weighted by Crippen LogP contribution is -2.13. The predicted octanol–water partition coefficient (Wildman–Crippen LogP) is 13.2. The van der Waals surface area contributed by atoms with Crippen LogP contribution in [0.5, 0.6) is 0 Å². The van der Waals surface area contributed by atoms with Crippen LogP contribution >= 0.6 is 0 Å². The van der Waals surface area contributed by atoms with Gasteiger partial charge in [-0.2, -0.15) is 0 Å². The Balaban J connectivity index is 1.31. The van der Waals surface area contributed by atoms with Crippen molar-refractivity contribution in [2.75, 3.05) is 4.90 Å². The average molecular weight is 628 g/mol. The van der Waals surface area contributed by atoms with Crippen LogP contribution in [0, 0.1) is 13.8 Å². The third-order valence-electron chi connectivity index (χ3n) is 9.51. The van der Waals surface area contributed by atoms with Crippen molar-refractivity contribution in [3.8, 4) is 11.1 Å². The largest absolute Gasteiger partial charge is 0.311 e. The Hall–Kier alpha value is -4.88. The van der Waals surface area contributed by atoms with E-state index in [-0.39, 0.29) is 16.7 Å². The topological polar surface area (TPSA) is 3.24 Å². The van der Waals surface area contributed by atoms with Crippen LogP contribution in [0.3, 0.4) is 0 Å². The minimum atomic E-state index is 0.113. The first-order valence-corrected chi connectivity index (χ1v) is 17.2. The Kier molecular flexibility index (Phi) is 9.17. The molecule has 48 heavy (non-hydrogen) atoms. The molecular weight excluding hydrogens is 579 g/mol. The number of rotatable bonds is 7. The maximum absolute atomic E-state index is 2.34. The zero-order valence-corrected chi connectivity index (χ0v) is 29.9. The van der Waals surface area contributed by atoms with Gasteiger partial charge in [0.2, 0.25) is 0 Å². The van der Waals surface area contributed by atoms with E-state index in [1.165, 1.54) is 50.1 Å². The minimum Gasteiger partial charge on any atom is -0.311 e. The van der Waals surface area contributed by atoms with Gasteiger partial charge in [0, 0.05) is 23.0 Å². The SMILES string of the molecule is Cc1ccc(C(c2ccc(-c3ccc(N(c4ccc(C)cc4)c4ccc(C(C)(C)C)cc4)cc3)cc2)c2ccc(C(C)(C)C)cc2)cc1. The van der Waals surface area contributed by atoms with Gasteiger partial charge in [-0.1, -0.05) is 162 Å². The fraction of sp³-hybridized carbons (Fsp3) is 0.234. The van der Waals surface area contributed by atoms with E-state index in [0.717, 1.165) is 17.1 Å². The number of benzene rings is 6. The van der Waals surface area contributed by atoms with E-state index in [0.29, 0.717) is 0 Å². The zero-order valence-electron chi connectivity index (χ0n) is 29.9. The van der Waals surface area contributed by atoms with Gasteiger partial charge in [0.25, 0.3) is 0 Å². The van der Waals surface area contributed by atoms with Gasteiger partial charge in [-0.05, 0) is 100 Å². The average Bonchev–Trinajstić information content (AvgIpc) is 3.07. The second kappa shape index (κ2) is 13.3. The molecule has 0 amide bonds. The molecule has 6 rings (SSSR count). The quantitative estimate of drug-likeness (QED) is 0.159. The molecule has 1 nitrogen and oxygen atoms in total. The zero-order chi connectivity index (χ0) is 34.1. The molecule has 0 N–H and O–H groups in total. The van der Waals surface area contributed by atoms with Crippen molar-refractivity contribution < 1.29 is 0 Å². The number of nitrogens with zero attached hydrogens (tertiary/aromatic N) is 1. The molecule has 1 unspecified atom stereocenters. The molecule has 6 aromatic carbocycles. The van der Waals surface area contributed by atoms with Gasteiger partial charge in [-0.25, -0.2) is 0 Å². The van der Waals surface area contributed by atoms with Crippen LogP contribution in [0.15, 0.2) is 146 Å². The van der Waals surface area contributed by atoms with Gasteiger partial charge in [0.1, 0.15) is 0 Å². The van der Waals surface area contributed by atoms with Crippen molar-refractivity contribution in [2.24, 2.45) is 0 Å².